The molecule has 2 aromatic carbocycles. The SMILES string of the molecule is COC(=O)c1ccc(C)c(NC(=O)c2ccc(Cl)c(S(=O)(=O)N3CCOCC3)c2)c1. The molecule has 1 heterocycles. The maximum Gasteiger partial charge on any atom is 0.337 e. The highest BCUT2D eigenvalue weighted by atomic mass is 35.5. The van der Waals surface area contributed by atoms with Gasteiger partial charge in [0.15, 0.2) is 0 Å². The number of sulfonamides is 1. The van der Waals surface area contributed by atoms with Gasteiger partial charge in [-0.15, -0.1) is 0 Å². The predicted octanol–water partition coefficient (Wildman–Crippen LogP) is 2.71. The Kier molecular flexibility index (Phi) is 6.77. The standard InChI is InChI=1S/C20H21ClN2O6S/c1-13-3-4-15(20(25)28-2)11-17(13)22-19(24)14-5-6-16(21)18(12-14)30(26,27)23-7-9-29-10-8-23/h3-6,11-12H,7-10H2,1-2H3,(H,22,24). The molecular formula is C20H21ClN2O6S. The van der Waals surface area contributed by atoms with Crippen LogP contribution in [0, 0.1) is 6.92 Å². The van der Waals surface area contributed by atoms with E-state index in [0.29, 0.717) is 18.9 Å². The van der Waals surface area contributed by atoms with Gasteiger partial charge >= 0.3 is 5.97 Å². The van der Waals surface area contributed by atoms with Gasteiger partial charge in [-0.3, -0.25) is 4.79 Å². The van der Waals surface area contributed by atoms with E-state index in [-0.39, 0.29) is 34.1 Å². The molecule has 8 nitrogen and oxygen atoms in total. The quantitative estimate of drug-likeness (QED) is 0.700. The normalized spacial score (nSPS) is 14.9. The second-order valence-corrected chi connectivity index (χ2v) is 8.95. The molecule has 1 aliphatic rings. The van der Waals surface area contributed by atoms with Gasteiger partial charge in [-0.1, -0.05) is 17.7 Å². The number of carbonyl (C=O) groups excluding carboxylic acids is 2. The largest absolute Gasteiger partial charge is 0.465 e. The number of anilines is 1. The molecule has 1 saturated heterocycles. The second kappa shape index (κ2) is 9.13. The summed E-state index contributed by atoms with van der Waals surface area (Å²) in [7, 11) is -2.60. The fraction of sp³-hybridized carbons (Fsp3) is 0.300. The summed E-state index contributed by atoms with van der Waals surface area (Å²) in [5.74, 6) is -1.06. The number of carbonyl (C=O) groups is 2. The molecule has 0 unspecified atom stereocenters. The molecule has 30 heavy (non-hydrogen) atoms. The second-order valence-electron chi connectivity index (χ2n) is 6.64. The number of ether oxygens (including phenoxy) is 2. The monoisotopic (exact) mass is 452 g/mol. The summed E-state index contributed by atoms with van der Waals surface area (Å²) in [6.45, 7) is 2.80. The maximum absolute atomic E-state index is 13.0. The van der Waals surface area contributed by atoms with E-state index in [4.69, 9.17) is 21.1 Å². The lowest BCUT2D eigenvalue weighted by atomic mass is 10.1. The topological polar surface area (TPSA) is 102 Å². The lowest BCUT2D eigenvalue weighted by Crippen LogP contribution is -2.40. The Hall–Kier alpha value is -2.46. The Labute approximate surface area is 179 Å². The van der Waals surface area contributed by atoms with E-state index < -0.39 is 21.9 Å². The number of methoxy groups -OCH3 is 1. The fourth-order valence-corrected chi connectivity index (χ4v) is 4.87. The summed E-state index contributed by atoms with van der Waals surface area (Å²) in [5.41, 5.74) is 1.54. The summed E-state index contributed by atoms with van der Waals surface area (Å²) in [6.07, 6.45) is 0. The number of aryl methyl sites for hydroxylation is 1. The number of halogens is 1. The zero-order valence-electron chi connectivity index (χ0n) is 16.5. The van der Waals surface area contributed by atoms with Crippen molar-refractivity contribution in [3.63, 3.8) is 0 Å². The average Bonchev–Trinajstić information content (AvgIpc) is 2.75. The smallest absolute Gasteiger partial charge is 0.337 e. The number of rotatable bonds is 5. The number of amides is 1. The van der Waals surface area contributed by atoms with E-state index in [2.05, 4.69) is 5.32 Å². The molecule has 1 N–H and O–H groups in total. The van der Waals surface area contributed by atoms with Gasteiger partial charge in [0, 0.05) is 24.3 Å². The highest BCUT2D eigenvalue weighted by Gasteiger charge is 2.29. The van der Waals surface area contributed by atoms with Crippen molar-refractivity contribution in [1.82, 2.24) is 4.31 Å². The molecule has 1 amide bonds. The number of nitrogens with one attached hydrogen (secondary N) is 1. The van der Waals surface area contributed by atoms with Crippen LogP contribution in [0.25, 0.3) is 0 Å². The first kappa shape index (κ1) is 22.2. The van der Waals surface area contributed by atoms with Gasteiger partial charge in [0.1, 0.15) is 4.90 Å². The molecule has 0 saturated carbocycles. The van der Waals surface area contributed by atoms with Gasteiger partial charge in [0.25, 0.3) is 5.91 Å². The van der Waals surface area contributed by atoms with Gasteiger partial charge in [-0.05, 0) is 42.8 Å². The Balaban J connectivity index is 1.89. The lowest BCUT2D eigenvalue weighted by Gasteiger charge is -2.26. The minimum Gasteiger partial charge on any atom is -0.465 e. The van der Waals surface area contributed by atoms with Crippen molar-refractivity contribution in [2.45, 2.75) is 11.8 Å². The van der Waals surface area contributed by atoms with Crippen molar-refractivity contribution in [3.8, 4) is 0 Å². The van der Waals surface area contributed by atoms with Crippen LogP contribution in [0.1, 0.15) is 26.3 Å². The molecule has 1 fully saturated rings. The Morgan fingerprint density at radius 1 is 1.10 bits per heavy atom. The zero-order valence-corrected chi connectivity index (χ0v) is 18.0. The lowest BCUT2D eigenvalue weighted by molar-refractivity contribution is 0.0600. The van der Waals surface area contributed by atoms with E-state index in [0.717, 1.165) is 5.56 Å². The molecule has 10 heteroatoms. The third-order valence-corrected chi connectivity index (χ3v) is 7.07. The van der Waals surface area contributed by atoms with Crippen molar-refractivity contribution in [3.05, 3.63) is 58.1 Å². The summed E-state index contributed by atoms with van der Waals surface area (Å²) < 4.78 is 37.1. The Bertz CT molecular complexity index is 1080. The highest BCUT2D eigenvalue weighted by molar-refractivity contribution is 7.89. The van der Waals surface area contributed by atoms with Crippen molar-refractivity contribution in [2.24, 2.45) is 0 Å². The maximum atomic E-state index is 13.0. The molecule has 0 bridgehead atoms. The highest BCUT2D eigenvalue weighted by Crippen LogP contribution is 2.27. The molecule has 2 aromatic rings. The summed E-state index contributed by atoms with van der Waals surface area (Å²) >= 11 is 6.14. The third-order valence-electron chi connectivity index (χ3n) is 4.69. The van der Waals surface area contributed by atoms with Gasteiger partial charge in [0.2, 0.25) is 10.0 Å². The number of hydrogen-bond donors (Lipinski definition) is 1. The Morgan fingerprint density at radius 2 is 1.77 bits per heavy atom. The van der Waals surface area contributed by atoms with E-state index >= 15 is 0 Å². The van der Waals surface area contributed by atoms with E-state index in [1.807, 2.05) is 0 Å². The molecule has 1 aliphatic heterocycles. The van der Waals surface area contributed by atoms with E-state index in [9.17, 15) is 18.0 Å². The number of hydrogen-bond acceptors (Lipinski definition) is 6. The molecule has 0 atom stereocenters. The van der Waals surface area contributed by atoms with Crippen LogP contribution in [0.4, 0.5) is 5.69 Å². The molecule has 0 radical (unpaired) electrons. The van der Waals surface area contributed by atoms with Crippen LogP contribution in [0.3, 0.4) is 0 Å². The van der Waals surface area contributed by atoms with Crippen LogP contribution in [-0.2, 0) is 19.5 Å². The fourth-order valence-electron chi connectivity index (χ4n) is 2.96. The average molecular weight is 453 g/mol. The molecule has 0 spiro atoms. The van der Waals surface area contributed by atoms with Crippen molar-refractivity contribution in [2.75, 3.05) is 38.7 Å². The van der Waals surface area contributed by atoms with Crippen molar-refractivity contribution >= 4 is 39.2 Å². The first-order chi connectivity index (χ1) is 14.2. The van der Waals surface area contributed by atoms with Crippen LogP contribution in [0.2, 0.25) is 5.02 Å². The molecule has 0 aliphatic carbocycles. The van der Waals surface area contributed by atoms with Gasteiger partial charge in [0.05, 0.1) is 30.9 Å². The summed E-state index contributed by atoms with van der Waals surface area (Å²) in [6, 6.07) is 8.84. The number of esters is 1. The van der Waals surface area contributed by atoms with Gasteiger partial charge < -0.3 is 14.8 Å². The minimum atomic E-state index is -3.87. The third kappa shape index (κ3) is 4.65. The zero-order chi connectivity index (χ0) is 21.9. The molecule has 160 valence electrons. The number of morpholine rings is 1. The van der Waals surface area contributed by atoms with Crippen LogP contribution in [0.15, 0.2) is 41.3 Å². The number of benzene rings is 2. The van der Waals surface area contributed by atoms with Gasteiger partial charge in [-0.25, -0.2) is 13.2 Å². The molecule has 0 aromatic heterocycles. The predicted molar refractivity (Wildman–Crippen MR) is 112 cm³/mol. The first-order valence-electron chi connectivity index (χ1n) is 9.12. The van der Waals surface area contributed by atoms with Crippen molar-refractivity contribution < 1.29 is 27.5 Å². The molecular weight excluding hydrogens is 432 g/mol. The summed E-state index contributed by atoms with van der Waals surface area (Å²) in [4.78, 5) is 24.4. The van der Waals surface area contributed by atoms with Gasteiger partial charge in [-0.2, -0.15) is 4.31 Å². The van der Waals surface area contributed by atoms with E-state index in [1.165, 1.54) is 35.7 Å². The van der Waals surface area contributed by atoms with Crippen LogP contribution in [0.5, 0.6) is 0 Å². The number of nitrogens with zero attached hydrogens (tertiary/aromatic N) is 1. The first-order valence-corrected chi connectivity index (χ1v) is 10.9. The molecule has 3 rings (SSSR count). The Morgan fingerprint density at radius 3 is 2.43 bits per heavy atom. The van der Waals surface area contributed by atoms with Crippen molar-refractivity contribution in [1.29, 1.82) is 0 Å². The minimum absolute atomic E-state index is 0.0295. The van der Waals surface area contributed by atoms with E-state index in [1.54, 1.807) is 19.1 Å². The van der Waals surface area contributed by atoms with Crippen LogP contribution < -0.4 is 5.32 Å². The summed E-state index contributed by atoms with van der Waals surface area (Å²) in [5, 5.41) is 2.73. The van der Waals surface area contributed by atoms with Crippen LogP contribution in [-0.4, -0.2) is 58.0 Å². The van der Waals surface area contributed by atoms with Crippen LogP contribution >= 0.6 is 11.6 Å².